The summed E-state index contributed by atoms with van der Waals surface area (Å²) in [6.07, 6.45) is 8.18. The molecule has 4 nitrogen and oxygen atoms in total. The lowest BCUT2D eigenvalue weighted by molar-refractivity contribution is -0.328. The molecule has 0 unspecified atom stereocenters. The van der Waals surface area contributed by atoms with Crippen LogP contribution in [0, 0.1) is 0 Å². The van der Waals surface area contributed by atoms with Crippen LogP contribution in [-0.4, -0.2) is 36.0 Å². The fourth-order valence-electron chi connectivity index (χ4n) is 2.09. The van der Waals surface area contributed by atoms with Gasteiger partial charge in [0.2, 0.25) is 11.6 Å². The van der Waals surface area contributed by atoms with E-state index >= 15 is 0 Å². The summed E-state index contributed by atoms with van der Waals surface area (Å²) in [4.78, 5) is 0. The van der Waals surface area contributed by atoms with Gasteiger partial charge >= 0.3 is 0 Å². The SMILES string of the molecule is COC1(OC)C=CC(C=Cc2ccccc2)=CC1(O)O. The summed E-state index contributed by atoms with van der Waals surface area (Å²) < 4.78 is 10.2. The summed E-state index contributed by atoms with van der Waals surface area (Å²) in [5.74, 6) is -3.82. The van der Waals surface area contributed by atoms with Crippen LogP contribution in [0.4, 0.5) is 0 Å². The number of methoxy groups -OCH3 is 2. The van der Waals surface area contributed by atoms with Crippen LogP contribution in [0.15, 0.2) is 60.2 Å². The van der Waals surface area contributed by atoms with E-state index in [1.807, 2.05) is 36.4 Å². The number of allylic oxidation sites excluding steroid dienone is 3. The van der Waals surface area contributed by atoms with Crippen molar-refractivity contribution in [2.24, 2.45) is 0 Å². The molecule has 20 heavy (non-hydrogen) atoms. The monoisotopic (exact) mass is 274 g/mol. The molecular weight excluding hydrogens is 256 g/mol. The lowest BCUT2D eigenvalue weighted by Crippen LogP contribution is -2.55. The summed E-state index contributed by atoms with van der Waals surface area (Å²) >= 11 is 0. The third-order valence-corrected chi connectivity index (χ3v) is 3.25. The van der Waals surface area contributed by atoms with Crippen LogP contribution in [0.5, 0.6) is 0 Å². The Hall–Kier alpha value is -1.72. The third-order valence-electron chi connectivity index (χ3n) is 3.25. The molecule has 0 atom stereocenters. The molecule has 106 valence electrons. The van der Waals surface area contributed by atoms with Crippen molar-refractivity contribution in [3.8, 4) is 0 Å². The maximum atomic E-state index is 10.1. The van der Waals surface area contributed by atoms with Crippen molar-refractivity contribution in [1.82, 2.24) is 0 Å². The van der Waals surface area contributed by atoms with Gasteiger partial charge in [-0.05, 0) is 23.3 Å². The Morgan fingerprint density at radius 1 is 1.00 bits per heavy atom. The normalized spacial score (nSPS) is 20.1. The predicted octanol–water partition coefficient (Wildman–Crippen LogP) is 1.87. The van der Waals surface area contributed by atoms with Gasteiger partial charge in [-0.3, -0.25) is 0 Å². The number of rotatable bonds is 4. The minimum Gasteiger partial charge on any atom is -0.358 e. The van der Waals surface area contributed by atoms with Gasteiger partial charge in [-0.15, -0.1) is 0 Å². The summed E-state index contributed by atoms with van der Waals surface area (Å²) in [6.45, 7) is 0. The Bertz CT molecular complexity index is 537. The molecule has 4 heteroatoms. The number of aliphatic hydroxyl groups is 2. The largest absolute Gasteiger partial charge is 0.358 e. The van der Waals surface area contributed by atoms with Crippen molar-refractivity contribution in [2.75, 3.05) is 14.2 Å². The van der Waals surface area contributed by atoms with Crippen LogP contribution in [0.2, 0.25) is 0 Å². The van der Waals surface area contributed by atoms with E-state index in [1.165, 1.54) is 26.4 Å². The first-order valence-corrected chi connectivity index (χ1v) is 6.23. The first kappa shape index (κ1) is 14.7. The van der Waals surface area contributed by atoms with Gasteiger partial charge in [0.05, 0.1) is 0 Å². The molecule has 0 spiro atoms. The molecule has 1 aromatic rings. The molecule has 0 saturated carbocycles. The lowest BCUT2D eigenvalue weighted by atomic mass is 9.95. The van der Waals surface area contributed by atoms with Gasteiger partial charge in [-0.25, -0.2) is 0 Å². The first-order valence-electron chi connectivity index (χ1n) is 6.23. The number of hydrogen-bond acceptors (Lipinski definition) is 4. The molecule has 0 aromatic heterocycles. The van der Waals surface area contributed by atoms with E-state index in [-0.39, 0.29) is 0 Å². The van der Waals surface area contributed by atoms with Crippen molar-refractivity contribution >= 4 is 6.08 Å². The van der Waals surface area contributed by atoms with E-state index in [4.69, 9.17) is 9.47 Å². The Morgan fingerprint density at radius 2 is 1.65 bits per heavy atom. The Kier molecular flexibility index (Phi) is 4.20. The van der Waals surface area contributed by atoms with Gasteiger partial charge in [0.25, 0.3) is 0 Å². The minimum atomic E-state index is -2.23. The fraction of sp³-hybridized carbons (Fsp3) is 0.250. The summed E-state index contributed by atoms with van der Waals surface area (Å²) in [7, 11) is 2.71. The molecule has 2 N–H and O–H groups in total. The summed E-state index contributed by atoms with van der Waals surface area (Å²) in [5.41, 5.74) is 1.68. The molecule has 1 aliphatic rings. The van der Waals surface area contributed by atoms with E-state index in [0.29, 0.717) is 5.57 Å². The van der Waals surface area contributed by atoms with Gasteiger partial charge in [0.15, 0.2) is 0 Å². The molecule has 1 aromatic carbocycles. The van der Waals surface area contributed by atoms with Gasteiger partial charge < -0.3 is 19.7 Å². The molecule has 0 heterocycles. The zero-order valence-corrected chi connectivity index (χ0v) is 11.5. The molecule has 0 fully saturated rings. The highest BCUT2D eigenvalue weighted by Gasteiger charge is 2.49. The summed E-state index contributed by atoms with van der Waals surface area (Å²) in [6, 6.07) is 9.74. The molecule has 0 amide bonds. The van der Waals surface area contributed by atoms with Crippen LogP contribution >= 0.6 is 0 Å². The van der Waals surface area contributed by atoms with Gasteiger partial charge in [-0.2, -0.15) is 0 Å². The maximum absolute atomic E-state index is 10.1. The molecule has 2 rings (SSSR count). The maximum Gasteiger partial charge on any atom is 0.247 e. The number of hydrogen-bond donors (Lipinski definition) is 2. The highest BCUT2D eigenvalue weighted by Crippen LogP contribution is 2.33. The molecule has 1 aliphatic carbocycles. The van der Waals surface area contributed by atoms with Crippen LogP contribution < -0.4 is 0 Å². The Balaban J connectivity index is 2.23. The smallest absolute Gasteiger partial charge is 0.247 e. The van der Waals surface area contributed by atoms with Crippen molar-refractivity contribution in [2.45, 2.75) is 11.6 Å². The van der Waals surface area contributed by atoms with E-state index in [0.717, 1.165) is 5.56 Å². The number of benzene rings is 1. The second-order valence-electron chi connectivity index (χ2n) is 4.52. The van der Waals surface area contributed by atoms with Crippen LogP contribution in [0.3, 0.4) is 0 Å². The van der Waals surface area contributed by atoms with Crippen molar-refractivity contribution in [3.63, 3.8) is 0 Å². The third kappa shape index (κ3) is 2.73. The lowest BCUT2D eigenvalue weighted by Gasteiger charge is -2.39. The highest BCUT2D eigenvalue weighted by atomic mass is 16.7. The van der Waals surface area contributed by atoms with Gasteiger partial charge in [-0.1, -0.05) is 48.6 Å². The quantitative estimate of drug-likeness (QED) is 0.823. The molecule has 0 saturated heterocycles. The second kappa shape index (κ2) is 5.73. The van der Waals surface area contributed by atoms with Crippen LogP contribution in [-0.2, 0) is 9.47 Å². The molecule has 0 bridgehead atoms. The second-order valence-corrected chi connectivity index (χ2v) is 4.52. The standard InChI is InChI=1S/C16H18O4/c1-19-16(20-2)11-10-14(12-15(16,17)18)9-8-13-6-4-3-5-7-13/h3-12,17-18H,1-2H3. The van der Waals surface area contributed by atoms with E-state index in [9.17, 15) is 10.2 Å². The Labute approximate surface area is 118 Å². The molecule has 0 radical (unpaired) electrons. The number of ether oxygens (including phenoxy) is 2. The van der Waals surface area contributed by atoms with Crippen LogP contribution in [0.25, 0.3) is 6.08 Å². The molecule has 0 aliphatic heterocycles. The van der Waals surface area contributed by atoms with Crippen molar-refractivity contribution in [3.05, 3.63) is 65.8 Å². The van der Waals surface area contributed by atoms with E-state index < -0.39 is 11.6 Å². The van der Waals surface area contributed by atoms with Gasteiger partial charge in [0, 0.05) is 14.2 Å². The van der Waals surface area contributed by atoms with E-state index in [2.05, 4.69) is 0 Å². The highest BCUT2D eigenvalue weighted by molar-refractivity contribution is 5.55. The average Bonchev–Trinajstić information content (AvgIpc) is 2.46. The average molecular weight is 274 g/mol. The predicted molar refractivity (Wildman–Crippen MR) is 76.6 cm³/mol. The van der Waals surface area contributed by atoms with Crippen molar-refractivity contribution in [1.29, 1.82) is 0 Å². The zero-order valence-electron chi connectivity index (χ0n) is 11.5. The van der Waals surface area contributed by atoms with Crippen LogP contribution in [0.1, 0.15) is 5.56 Å². The summed E-state index contributed by atoms with van der Waals surface area (Å²) in [5, 5.41) is 20.2. The van der Waals surface area contributed by atoms with E-state index in [1.54, 1.807) is 12.2 Å². The first-order chi connectivity index (χ1) is 9.53. The topological polar surface area (TPSA) is 58.9 Å². The molecular formula is C16H18O4. The van der Waals surface area contributed by atoms with Crippen molar-refractivity contribution < 1.29 is 19.7 Å². The Morgan fingerprint density at radius 3 is 2.20 bits per heavy atom. The zero-order chi connectivity index (χ0) is 14.6. The minimum absolute atomic E-state index is 0.656. The van der Waals surface area contributed by atoms with Gasteiger partial charge in [0.1, 0.15) is 0 Å². The fourth-order valence-corrected chi connectivity index (χ4v) is 2.09.